The molecule has 0 aliphatic heterocycles. The van der Waals surface area contributed by atoms with Gasteiger partial charge >= 0.3 is 47.1 Å². The van der Waals surface area contributed by atoms with Crippen LogP contribution >= 0.6 is 0 Å². The van der Waals surface area contributed by atoms with E-state index in [2.05, 4.69) is 0 Å². The average molecular weight is 342 g/mol. The Morgan fingerprint density at radius 3 is 1.00 bits per heavy atom. The van der Waals surface area contributed by atoms with Crippen molar-refractivity contribution in [3.8, 4) is 0 Å². The number of halogens is 6. The van der Waals surface area contributed by atoms with Gasteiger partial charge in [-0.1, -0.05) is 0 Å². The van der Waals surface area contributed by atoms with E-state index in [9.17, 15) is 45.5 Å². The molecule has 0 aromatic carbocycles. The zero-order chi connectivity index (χ0) is 18.3. The van der Waals surface area contributed by atoms with Gasteiger partial charge in [0.15, 0.2) is 0 Å². The number of carbonyl (C=O) groups is 4. The van der Waals surface area contributed by atoms with Gasteiger partial charge in [-0.15, -0.1) is 0 Å². The predicted molar refractivity (Wildman–Crippen MR) is 47.8 cm³/mol. The summed E-state index contributed by atoms with van der Waals surface area (Å²) >= 11 is 0. The number of aliphatic carboxylic acids is 4. The quantitative estimate of drug-likeness (QED) is 0.395. The molecule has 1 atom stereocenters. The minimum absolute atomic E-state index is 3.58. The van der Waals surface area contributed by atoms with Crippen molar-refractivity contribution in [1.82, 2.24) is 0 Å². The van der Waals surface area contributed by atoms with Gasteiger partial charge in [0.25, 0.3) is 0 Å². The van der Waals surface area contributed by atoms with Crippen LogP contribution in [0.3, 0.4) is 0 Å². The van der Waals surface area contributed by atoms with E-state index in [-0.39, 0.29) is 0 Å². The third kappa shape index (κ3) is 2.01. The molecule has 8 nitrogen and oxygen atoms in total. The Morgan fingerprint density at radius 1 is 0.591 bits per heavy atom. The highest BCUT2D eigenvalue weighted by molar-refractivity contribution is 6.21. The lowest BCUT2D eigenvalue weighted by molar-refractivity contribution is -0.336. The van der Waals surface area contributed by atoms with E-state index >= 15 is 0 Å². The van der Waals surface area contributed by atoms with E-state index in [0.29, 0.717) is 0 Å². The van der Waals surface area contributed by atoms with E-state index < -0.39 is 47.1 Å². The van der Waals surface area contributed by atoms with Crippen LogP contribution < -0.4 is 0 Å². The summed E-state index contributed by atoms with van der Waals surface area (Å²) in [5, 5.41) is 33.5. The molecular formula is C8H4F6O8. The zero-order valence-electron chi connectivity index (χ0n) is 9.69. The summed E-state index contributed by atoms with van der Waals surface area (Å²) in [4.78, 5) is 42.5. The first-order chi connectivity index (χ1) is 9.52. The molecule has 4 N–H and O–H groups in total. The molecule has 0 saturated heterocycles. The van der Waals surface area contributed by atoms with Crippen molar-refractivity contribution < 1.29 is 65.9 Å². The summed E-state index contributed by atoms with van der Waals surface area (Å²) in [6.07, 6.45) is -7.11. The minimum Gasteiger partial charge on any atom is -0.480 e. The third-order valence-electron chi connectivity index (χ3n) is 2.56. The molecule has 0 radical (unpaired) electrons. The van der Waals surface area contributed by atoms with Crippen molar-refractivity contribution in [2.45, 2.75) is 17.8 Å². The topological polar surface area (TPSA) is 149 Å². The number of hydrogen-bond acceptors (Lipinski definition) is 4. The van der Waals surface area contributed by atoms with Crippen LogP contribution in [-0.2, 0) is 19.2 Å². The monoisotopic (exact) mass is 342 g/mol. The van der Waals surface area contributed by atoms with Gasteiger partial charge in [0.1, 0.15) is 0 Å². The van der Waals surface area contributed by atoms with Gasteiger partial charge in [0, 0.05) is 0 Å². The van der Waals surface area contributed by atoms with E-state index in [1.54, 1.807) is 0 Å². The van der Waals surface area contributed by atoms with Gasteiger partial charge < -0.3 is 20.4 Å². The van der Waals surface area contributed by atoms with Crippen LogP contribution in [0.5, 0.6) is 0 Å². The highest BCUT2D eigenvalue weighted by Crippen LogP contribution is 2.54. The molecule has 0 saturated carbocycles. The summed E-state index contributed by atoms with van der Waals surface area (Å²) in [6, 6.07) is 0. The van der Waals surface area contributed by atoms with Crippen LogP contribution in [-0.4, -0.2) is 62.1 Å². The molecule has 1 unspecified atom stereocenters. The first-order valence-corrected chi connectivity index (χ1v) is 4.59. The van der Waals surface area contributed by atoms with Crippen LogP contribution in [0.25, 0.3) is 0 Å². The Balaban J connectivity index is 7.10. The fraction of sp³-hybridized carbons (Fsp3) is 0.500. The number of rotatable bonds is 6. The summed E-state index contributed by atoms with van der Waals surface area (Å²) in [5.74, 6) is -21.9. The molecule has 0 bridgehead atoms. The lowest BCUT2D eigenvalue weighted by atomic mass is 9.69. The number of carboxylic acid groups (broad SMARTS) is 4. The lowest BCUT2D eigenvalue weighted by Crippen LogP contribution is -2.74. The molecule has 0 aromatic rings. The Bertz CT molecular complexity index is 503. The maximum absolute atomic E-state index is 14.0. The van der Waals surface area contributed by atoms with Crippen molar-refractivity contribution in [3.05, 3.63) is 0 Å². The smallest absolute Gasteiger partial charge is 0.457 e. The second-order valence-electron chi connectivity index (χ2n) is 3.70. The van der Waals surface area contributed by atoms with E-state index in [4.69, 9.17) is 20.4 Å². The van der Waals surface area contributed by atoms with E-state index in [1.165, 1.54) is 0 Å². The van der Waals surface area contributed by atoms with Crippen molar-refractivity contribution >= 4 is 23.9 Å². The van der Waals surface area contributed by atoms with E-state index in [0.717, 1.165) is 0 Å². The third-order valence-corrected chi connectivity index (χ3v) is 2.56. The first-order valence-electron chi connectivity index (χ1n) is 4.59. The molecule has 14 heteroatoms. The molecule has 0 aliphatic carbocycles. The molecule has 0 aromatic heterocycles. The standard InChI is InChI=1S/C8H4F6O8/c9-6(4(21)22,7(10,11)8(12,13)14)5(1(15)16,2(17)18)3(19)20/h(H,15,16)(H,17,18)(H,19,20)(H,21,22). The van der Waals surface area contributed by atoms with Crippen molar-refractivity contribution in [3.63, 3.8) is 0 Å². The Hall–Kier alpha value is -2.54. The highest BCUT2D eigenvalue weighted by Gasteiger charge is 2.89. The maximum atomic E-state index is 14.0. The summed E-state index contributed by atoms with van der Waals surface area (Å²) < 4.78 is 76.9. The molecule has 0 spiro atoms. The Kier molecular flexibility index (Phi) is 4.45. The largest absolute Gasteiger partial charge is 0.480 e. The zero-order valence-corrected chi connectivity index (χ0v) is 9.69. The van der Waals surface area contributed by atoms with Crippen LogP contribution in [0, 0.1) is 5.41 Å². The van der Waals surface area contributed by atoms with Gasteiger partial charge in [0.2, 0.25) is 0 Å². The van der Waals surface area contributed by atoms with Crippen LogP contribution in [0.2, 0.25) is 0 Å². The van der Waals surface area contributed by atoms with Crippen molar-refractivity contribution in [1.29, 1.82) is 0 Å². The van der Waals surface area contributed by atoms with Crippen LogP contribution in [0.1, 0.15) is 0 Å². The molecule has 0 aliphatic rings. The second-order valence-corrected chi connectivity index (χ2v) is 3.70. The fourth-order valence-electron chi connectivity index (χ4n) is 1.44. The second kappa shape index (κ2) is 5.03. The summed E-state index contributed by atoms with van der Waals surface area (Å²) in [6.45, 7) is 0. The van der Waals surface area contributed by atoms with Crippen LogP contribution in [0.15, 0.2) is 0 Å². The van der Waals surface area contributed by atoms with Crippen molar-refractivity contribution in [2.75, 3.05) is 0 Å². The fourth-order valence-corrected chi connectivity index (χ4v) is 1.44. The average Bonchev–Trinajstić information content (AvgIpc) is 2.25. The SMILES string of the molecule is O=C(O)C(C(=O)O)(C(=O)O)C(F)(C(=O)O)C(F)(F)C(F)(F)F. The van der Waals surface area contributed by atoms with Gasteiger partial charge in [-0.05, 0) is 0 Å². The number of hydrogen-bond donors (Lipinski definition) is 4. The van der Waals surface area contributed by atoms with Gasteiger partial charge in [-0.3, -0.25) is 14.4 Å². The molecule has 0 rings (SSSR count). The number of alkyl halides is 6. The maximum Gasteiger partial charge on any atom is 0.457 e. The predicted octanol–water partition coefficient (Wildman–Crippen LogP) is 0.217. The Labute approximate surface area is 114 Å². The van der Waals surface area contributed by atoms with Crippen molar-refractivity contribution in [2.24, 2.45) is 5.41 Å². The number of carboxylic acids is 4. The van der Waals surface area contributed by atoms with E-state index in [1.807, 2.05) is 0 Å². The molecule has 22 heavy (non-hydrogen) atoms. The normalized spacial score (nSPS) is 15.7. The molecule has 0 fully saturated rings. The Morgan fingerprint density at radius 2 is 0.864 bits per heavy atom. The van der Waals surface area contributed by atoms with Crippen LogP contribution in [0.4, 0.5) is 26.3 Å². The highest BCUT2D eigenvalue weighted by atomic mass is 19.4. The van der Waals surface area contributed by atoms with Gasteiger partial charge in [-0.25, -0.2) is 9.18 Å². The molecule has 0 amide bonds. The molecule has 0 heterocycles. The van der Waals surface area contributed by atoms with Gasteiger partial charge in [0.05, 0.1) is 0 Å². The molecule has 126 valence electrons. The first kappa shape index (κ1) is 19.5. The molecular weight excluding hydrogens is 338 g/mol. The minimum atomic E-state index is -7.17. The summed E-state index contributed by atoms with van der Waals surface area (Å²) in [7, 11) is 0. The van der Waals surface area contributed by atoms with Gasteiger partial charge in [-0.2, -0.15) is 22.0 Å². The summed E-state index contributed by atoms with van der Waals surface area (Å²) in [5.41, 5.74) is -12.3. The lowest BCUT2D eigenvalue weighted by Gasteiger charge is -2.38.